The molecular weight excluding hydrogens is 468 g/mol. The number of piperidine rings is 1. The third kappa shape index (κ3) is 4.89. The number of fused-ring (bicyclic) bond motifs is 1. The number of nitrogens with one attached hydrogen (secondary N) is 2. The zero-order valence-corrected chi connectivity index (χ0v) is 21.9. The number of para-hydroxylation sites is 1. The summed E-state index contributed by atoms with van der Waals surface area (Å²) >= 11 is 0. The fourth-order valence-corrected chi connectivity index (χ4v) is 5.75. The zero-order chi connectivity index (χ0) is 26.1. The minimum Gasteiger partial charge on any atom is -0.496 e. The van der Waals surface area contributed by atoms with Gasteiger partial charge in [0.1, 0.15) is 5.75 Å². The van der Waals surface area contributed by atoms with E-state index in [1.807, 2.05) is 25.1 Å². The maximum atomic E-state index is 13.4. The lowest BCUT2D eigenvalue weighted by molar-refractivity contribution is -0.139. The number of carbonyl (C=O) groups is 2. The number of amides is 2. The van der Waals surface area contributed by atoms with Gasteiger partial charge in [0, 0.05) is 47.8 Å². The summed E-state index contributed by atoms with van der Waals surface area (Å²) in [4.78, 5) is 43.4. The highest BCUT2D eigenvalue weighted by molar-refractivity contribution is 6.08. The van der Waals surface area contributed by atoms with Gasteiger partial charge in [0.15, 0.2) is 0 Å². The van der Waals surface area contributed by atoms with Crippen LogP contribution in [0.5, 0.6) is 5.75 Å². The molecule has 2 aliphatic rings. The van der Waals surface area contributed by atoms with Crippen molar-refractivity contribution in [2.75, 3.05) is 20.2 Å². The molecule has 0 radical (unpaired) electrons. The third-order valence-corrected chi connectivity index (χ3v) is 8.15. The van der Waals surface area contributed by atoms with E-state index in [9.17, 15) is 14.4 Å². The number of aromatic nitrogens is 2. The number of nitrogens with zero attached hydrogens (tertiary/aromatic N) is 2. The van der Waals surface area contributed by atoms with E-state index in [2.05, 4.69) is 25.8 Å². The van der Waals surface area contributed by atoms with Crippen LogP contribution in [0.1, 0.15) is 59.4 Å². The van der Waals surface area contributed by atoms with Gasteiger partial charge in [-0.05, 0) is 57.6 Å². The Bertz CT molecular complexity index is 1380. The van der Waals surface area contributed by atoms with Crippen molar-refractivity contribution >= 4 is 22.7 Å². The molecule has 1 saturated carbocycles. The molecule has 2 amide bonds. The molecule has 3 aromatic rings. The maximum Gasteiger partial charge on any atom is 0.256 e. The Morgan fingerprint density at radius 3 is 2.51 bits per heavy atom. The number of rotatable bonds is 7. The van der Waals surface area contributed by atoms with Crippen LogP contribution in [0.25, 0.3) is 10.9 Å². The fraction of sp³-hybridized carbons (Fsp3) is 0.483. The Hall–Kier alpha value is -3.55. The van der Waals surface area contributed by atoms with Crippen molar-refractivity contribution < 1.29 is 14.3 Å². The number of benzene rings is 1. The third-order valence-electron chi connectivity index (χ3n) is 8.15. The van der Waals surface area contributed by atoms with E-state index in [-0.39, 0.29) is 23.9 Å². The summed E-state index contributed by atoms with van der Waals surface area (Å²) < 4.78 is 7.62. The second-order valence-corrected chi connectivity index (χ2v) is 10.5. The lowest BCUT2D eigenvalue weighted by atomic mass is 9.83. The molecule has 2 N–H and O–H groups in total. The summed E-state index contributed by atoms with van der Waals surface area (Å²) in [6.07, 6.45) is 5.22. The van der Waals surface area contributed by atoms with Crippen LogP contribution in [0.3, 0.4) is 0 Å². The Morgan fingerprint density at radius 2 is 1.84 bits per heavy atom. The molecular formula is C29H36N4O4. The number of aromatic amines is 1. The number of H-pyrrole nitrogens is 1. The molecule has 1 aliphatic carbocycles. The Balaban J connectivity index is 1.32. The lowest BCUT2D eigenvalue weighted by Crippen LogP contribution is -2.44. The molecule has 1 aromatic carbocycles. The predicted octanol–water partition coefficient (Wildman–Crippen LogP) is 3.92. The summed E-state index contributed by atoms with van der Waals surface area (Å²) in [6.45, 7) is 6.31. The average Bonchev–Trinajstić information content (AvgIpc) is 3.13. The van der Waals surface area contributed by atoms with Crippen molar-refractivity contribution in [3.63, 3.8) is 0 Å². The summed E-state index contributed by atoms with van der Waals surface area (Å²) in [7, 11) is 1.52. The molecule has 1 saturated heterocycles. The second-order valence-electron chi connectivity index (χ2n) is 10.5. The first-order valence-electron chi connectivity index (χ1n) is 13.3. The summed E-state index contributed by atoms with van der Waals surface area (Å²) in [5.74, 6) is 1.29. The lowest BCUT2D eigenvalue weighted by Gasteiger charge is -2.36. The molecule has 2 fully saturated rings. The van der Waals surface area contributed by atoms with Crippen molar-refractivity contribution in [3.05, 3.63) is 63.2 Å². The highest BCUT2D eigenvalue weighted by Gasteiger charge is 2.32. The molecule has 2 aromatic heterocycles. The molecule has 1 aliphatic heterocycles. The maximum absolute atomic E-state index is 13.4. The van der Waals surface area contributed by atoms with Gasteiger partial charge in [-0.3, -0.25) is 14.4 Å². The van der Waals surface area contributed by atoms with Gasteiger partial charge in [0.2, 0.25) is 5.91 Å². The average molecular weight is 505 g/mol. The van der Waals surface area contributed by atoms with Crippen LogP contribution in [0, 0.1) is 25.7 Å². The Morgan fingerprint density at radius 1 is 1.11 bits per heavy atom. The van der Waals surface area contributed by atoms with Crippen molar-refractivity contribution in [1.82, 2.24) is 19.8 Å². The van der Waals surface area contributed by atoms with Crippen LogP contribution < -0.4 is 15.6 Å². The van der Waals surface area contributed by atoms with Gasteiger partial charge in [0.25, 0.3) is 11.5 Å². The molecule has 196 valence electrons. The largest absolute Gasteiger partial charge is 0.496 e. The number of aryl methyl sites for hydroxylation is 1. The van der Waals surface area contributed by atoms with Gasteiger partial charge in [0.05, 0.1) is 24.8 Å². The minimum absolute atomic E-state index is 0.0735. The van der Waals surface area contributed by atoms with Crippen molar-refractivity contribution in [2.24, 2.45) is 11.8 Å². The first kappa shape index (κ1) is 25.1. The molecule has 8 nitrogen and oxygen atoms in total. The smallest absolute Gasteiger partial charge is 0.256 e. The second kappa shape index (κ2) is 10.4. The van der Waals surface area contributed by atoms with Crippen molar-refractivity contribution in [2.45, 2.75) is 59.0 Å². The number of hydrogen-bond acceptors (Lipinski definition) is 4. The van der Waals surface area contributed by atoms with E-state index in [1.54, 1.807) is 13.0 Å². The highest BCUT2D eigenvalue weighted by atomic mass is 16.5. The molecule has 3 heterocycles. The number of pyridine rings is 1. The van der Waals surface area contributed by atoms with E-state index in [4.69, 9.17) is 4.74 Å². The van der Waals surface area contributed by atoms with Crippen molar-refractivity contribution in [1.29, 1.82) is 0 Å². The van der Waals surface area contributed by atoms with Crippen LogP contribution in [-0.4, -0.2) is 46.5 Å². The molecule has 8 heteroatoms. The number of ether oxygens (including phenoxy) is 1. The van der Waals surface area contributed by atoms with Crippen molar-refractivity contribution in [3.8, 4) is 5.75 Å². The normalized spacial score (nSPS) is 16.6. The highest BCUT2D eigenvalue weighted by Crippen LogP contribution is 2.32. The molecule has 0 spiro atoms. The van der Waals surface area contributed by atoms with E-state index in [0.717, 1.165) is 61.9 Å². The first-order valence-corrected chi connectivity index (χ1v) is 13.3. The van der Waals surface area contributed by atoms with Gasteiger partial charge < -0.3 is 24.5 Å². The monoisotopic (exact) mass is 504 g/mol. The van der Waals surface area contributed by atoms with Gasteiger partial charge >= 0.3 is 0 Å². The minimum atomic E-state index is -0.265. The molecule has 0 atom stereocenters. The Kier molecular flexibility index (Phi) is 7.09. The predicted molar refractivity (Wildman–Crippen MR) is 143 cm³/mol. The van der Waals surface area contributed by atoms with E-state index in [0.29, 0.717) is 34.4 Å². The molecule has 0 unspecified atom stereocenters. The number of carbonyl (C=O) groups excluding carboxylic acids is 2. The van der Waals surface area contributed by atoms with Crippen LogP contribution >= 0.6 is 0 Å². The Labute approximate surface area is 217 Å². The summed E-state index contributed by atoms with van der Waals surface area (Å²) in [6, 6.07) is 9.73. The van der Waals surface area contributed by atoms with Gasteiger partial charge in [-0.15, -0.1) is 0 Å². The van der Waals surface area contributed by atoms with Crippen LogP contribution in [-0.2, 0) is 17.9 Å². The topological polar surface area (TPSA) is 96.4 Å². The standard InChI is InChI=1S/C29H36N4O4/c1-18-15-25(37-3)23(27(34)31-18)16-30-28(35)26-19(2)33(24-10-5-4-9-22(24)26)17-20-11-13-32(14-12-20)29(36)21-7-6-8-21/h4-5,9-10,15,20-21H,6-8,11-14,16-17H2,1-3H3,(H,30,35)(H,31,34). The van der Waals surface area contributed by atoms with Crippen LogP contribution in [0.4, 0.5) is 0 Å². The van der Waals surface area contributed by atoms with Crippen LogP contribution in [0.15, 0.2) is 35.1 Å². The number of methoxy groups -OCH3 is 1. The molecule has 37 heavy (non-hydrogen) atoms. The number of likely N-dealkylation sites (tertiary alicyclic amines) is 1. The van der Waals surface area contributed by atoms with Gasteiger partial charge in [-0.2, -0.15) is 0 Å². The molecule has 5 rings (SSSR count). The number of hydrogen-bond donors (Lipinski definition) is 2. The van der Waals surface area contributed by atoms with E-state index < -0.39 is 0 Å². The summed E-state index contributed by atoms with van der Waals surface area (Å²) in [5.41, 5.74) is 3.41. The fourth-order valence-electron chi connectivity index (χ4n) is 5.75. The summed E-state index contributed by atoms with van der Waals surface area (Å²) in [5, 5.41) is 3.85. The SMILES string of the molecule is COc1cc(C)[nH]c(=O)c1CNC(=O)c1c(C)n(CC2CCN(C(=O)C3CCC3)CC2)c2ccccc12. The van der Waals surface area contributed by atoms with E-state index in [1.165, 1.54) is 13.5 Å². The molecule has 0 bridgehead atoms. The zero-order valence-electron chi connectivity index (χ0n) is 21.9. The van der Waals surface area contributed by atoms with E-state index >= 15 is 0 Å². The van der Waals surface area contributed by atoms with Crippen LogP contribution in [0.2, 0.25) is 0 Å². The first-order chi connectivity index (χ1) is 17.9. The quantitative estimate of drug-likeness (QED) is 0.510. The van der Waals surface area contributed by atoms with Gasteiger partial charge in [-0.1, -0.05) is 24.6 Å². The van der Waals surface area contributed by atoms with Gasteiger partial charge in [-0.25, -0.2) is 0 Å².